The third-order valence-electron chi connectivity index (χ3n) is 3.82. The molecular formula is C16H23NO. The average molecular weight is 245 g/mol. The minimum absolute atomic E-state index is 0.132. The van der Waals surface area contributed by atoms with E-state index in [1.165, 1.54) is 24.0 Å². The van der Waals surface area contributed by atoms with E-state index in [1.807, 2.05) is 0 Å². The largest absolute Gasteiger partial charge is 0.298 e. The molecule has 1 atom stereocenters. The van der Waals surface area contributed by atoms with Crippen molar-refractivity contribution in [1.29, 1.82) is 0 Å². The summed E-state index contributed by atoms with van der Waals surface area (Å²) in [6.07, 6.45) is 5.27. The highest BCUT2D eigenvalue weighted by atomic mass is 16.1. The number of carbonyl (C=O) groups excluding carboxylic acids is 1. The second-order valence-corrected chi connectivity index (χ2v) is 5.49. The number of likely N-dealkylation sites (N-methyl/N-ethyl adjacent to an activating group) is 1. The number of benzene rings is 1. The summed E-state index contributed by atoms with van der Waals surface area (Å²) in [5, 5.41) is 0. The Morgan fingerprint density at radius 2 is 2.11 bits per heavy atom. The van der Waals surface area contributed by atoms with Crippen LogP contribution in [0.25, 0.3) is 0 Å². The van der Waals surface area contributed by atoms with Crippen molar-refractivity contribution in [2.24, 2.45) is 0 Å². The van der Waals surface area contributed by atoms with Gasteiger partial charge in [-0.1, -0.05) is 42.7 Å². The molecule has 1 unspecified atom stereocenters. The molecule has 0 bridgehead atoms. The summed E-state index contributed by atoms with van der Waals surface area (Å²) in [6.45, 7) is 2.98. The third-order valence-corrected chi connectivity index (χ3v) is 3.82. The Kier molecular flexibility index (Phi) is 4.54. The SMILES string of the molecule is Cc1cccc(CN(C)C2CCCCCC2=O)c1. The lowest BCUT2D eigenvalue weighted by Crippen LogP contribution is -2.37. The molecule has 0 spiro atoms. The van der Waals surface area contributed by atoms with E-state index >= 15 is 0 Å². The van der Waals surface area contributed by atoms with Crippen molar-refractivity contribution in [3.8, 4) is 0 Å². The summed E-state index contributed by atoms with van der Waals surface area (Å²) >= 11 is 0. The zero-order valence-electron chi connectivity index (χ0n) is 11.5. The van der Waals surface area contributed by atoms with Crippen LogP contribution in [0.5, 0.6) is 0 Å². The van der Waals surface area contributed by atoms with Gasteiger partial charge < -0.3 is 0 Å². The summed E-state index contributed by atoms with van der Waals surface area (Å²) in [4.78, 5) is 14.3. The molecule has 2 heteroatoms. The van der Waals surface area contributed by atoms with E-state index < -0.39 is 0 Å². The lowest BCUT2D eigenvalue weighted by atomic mass is 10.0. The topological polar surface area (TPSA) is 20.3 Å². The van der Waals surface area contributed by atoms with Crippen molar-refractivity contribution in [1.82, 2.24) is 4.90 Å². The normalized spacial score (nSPS) is 21.1. The quantitative estimate of drug-likeness (QED) is 0.761. The number of ketones is 1. The highest BCUT2D eigenvalue weighted by Crippen LogP contribution is 2.20. The van der Waals surface area contributed by atoms with Gasteiger partial charge in [-0.3, -0.25) is 9.69 Å². The molecule has 1 aromatic carbocycles. The van der Waals surface area contributed by atoms with E-state index in [1.54, 1.807) is 0 Å². The van der Waals surface area contributed by atoms with Crippen LogP contribution in [0.2, 0.25) is 0 Å². The van der Waals surface area contributed by atoms with E-state index in [9.17, 15) is 4.79 Å². The van der Waals surface area contributed by atoms with Gasteiger partial charge in [-0.15, -0.1) is 0 Å². The van der Waals surface area contributed by atoms with Crippen LogP contribution in [0.15, 0.2) is 24.3 Å². The Hall–Kier alpha value is -1.15. The monoisotopic (exact) mass is 245 g/mol. The second kappa shape index (κ2) is 6.14. The summed E-state index contributed by atoms with van der Waals surface area (Å²) in [7, 11) is 2.08. The van der Waals surface area contributed by atoms with Gasteiger partial charge in [0, 0.05) is 13.0 Å². The number of Topliss-reactive ketones (excluding diaryl/α,β-unsaturated/α-hetero) is 1. The first-order valence-corrected chi connectivity index (χ1v) is 6.95. The summed E-state index contributed by atoms with van der Waals surface area (Å²) in [5.41, 5.74) is 2.59. The van der Waals surface area contributed by atoms with Crippen molar-refractivity contribution in [3.05, 3.63) is 35.4 Å². The number of rotatable bonds is 3. The zero-order chi connectivity index (χ0) is 13.0. The van der Waals surface area contributed by atoms with E-state index in [0.29, 0.717) is 5.78 Å². The minimum atomic E-state index is 0.132. The van der Waals surface area contributed by atoms with Crippen LogP contribution < -0.4 is 0 Å². The molecular weight excluding hydrogens is 222 g/mol. The summed E-state index contributed by atoms with van der Waals surface area (Å²) < 4.78 is 0. The van der Waals surface area contributed by atoms with Gasteiger partial charge in [-0.05, 0) is 32.4 Å². The molecule has 1 fully saturated rings. The van der Waals surface area contributed by atoms with Gasteiger partial charge in [-0.2, -0.15) is 0 Å². The molecule has 2 nitrogen and oxygen atoms in total. The second-order valence-electron chi connectivity index (χ2n) is 5.49. The number of nitrogens with zero attached hydrogens (tertiary/aromatic N) is 1. The van der Waals surface area contributed by atoms with Gasteiger partial charge in [0.15, 0.2) is 0 Å². The fraction of sp³-hybridized carbons (Fsp3) is 0.562. The number of carbonyl (C=O) groups is 1. The van der Waals surface area contributed by atoms with Crippen LogP contribution in [0.4, 0.5) is 0 Å². The highest BCUT2D eigenvalue weighted by Gasteiger charge is 2.24. The molecule has 1 aliphatic carbocycles. The molecule has 0 aromatic heterocycles. The first kappa shape index (κ1) is 13.3. The molecule has 18 heavy (non-hydrogen) atoms. The highest BCUT2D eigenvalue weighted by molar-refractivity contribution is 5.84. The Bertz CT molecular complexity index is 413. The maximum absolute atomic E-state index is 12.1. The Morgan fingerprint density at radius 1 is 1.28 bits per heavy atom. The van der Waals surface area contributed by atoms with Crippen LogP contribution in [0.1, 0.15) is 43.2 Å². The van der Waals surface area contributed by atoms with Crippen LogP contribution in [0, 0.1) is 6.92 Å². The van der Waals surface area contributed by atoms with Gasteiger partial charge in [-0.25, -0.2) is 0 Å². The van der Waals surface area contributed by atoms with E-state index in [-0.39, 0.29) is 6.04 Å². The Balaban J connectivity index is 2.02. The first-order valence-electron chi connectivity index (χ1n) is 6.95. The maximum Gasteiger partial charge on any atom is 0.149 e. The lowest BCUT2D eigenvalue weighted by molar-refractivity contribution is -0.123. The van der Waals surface area contributed by atoms with Gasteiger partial charge in [0.1, 0.15) is 5.78 Å². The van der Waals surface area contributed by atoms with Crippen LogP contribution in [-0.4, -0.2) is 23.8 Å². The summed E-state index contributed by atoms with van der Waals surface area (Å²) in [5.74, 6) is 0.433. The van der Waals surface area contributed by atoms with Crippen molar-refractivity contribution in [2.45, 2.75) is 51.6 Å². The van der Waals surface area contributed by atoms with Crippen molar-refractivity contribution < 1.29 is 4.79 Å². The van der Waals surface area contributed by atoms with Gasteiger partial charge in [0.2, 0.25) is 0 Å². The smallest absolute Gasteiger partial charge is 0.149 e. The molecule has 0 saturated heterocycles. The lowest BCUT2D eigenvalue weighted by Gasteiger charge is -2.26. The van der Waals surface area contributed by atoms with Crippen LogP contribution in [0.3, 0.4) is 0 Å². The maximum atomic E-state index is 12.1. The molecule has 0 N–H and O–H groups in total. The Morgan fingerprint density at radius 3 is 2.89 bits per heavy atom. The number of hydrogen-bond donors (Lipinski definition) is 0. The predicted molar refractivity (Wildman–Crippen MR) is 74.5 cm³/mol. The fourth-order valence-electron chi connectivity index (χ4n) is 2.82. The number of hydrogen-bond acceptors (Lipinski definition) is 2. The van der Waals surface area contributed by atoms with Crippen LogP contribution >= 0.6 is 0 Å². The molecule has 0 aliphatic heterocycles. The molecule has 0 radical (unpaired) electrons. The fourth-order valence-corrected chi connectivity index (χ4v) is 2.82. The van der Waals surface area contributed by atoms with Crippen molar-refractivity contribution >= 4 is 5.78 Å². The van der Waals surface area contributed by atoms with E-state index in [2.05, 4.69) is 43.1 Å². The standard InChI is InChI=1S/C16H23NO/c1-13-7-6-8-14(11-13)12-17(2)15-9-4-3-5-10-16(15)18/h6-8,11,15H,3-5,9-10,12H2,1-2H3. The molecule has 1 aliphatic rings. The molecule has 1 saturated carbocycles. The molecule has 2 rings (SSSR count). The first-order chi connectivity index (χ1) is 8.66. The van der Waals surface area contributed by atoms with Crippen LogP contribution in [-0.2, 0) is 11.3 Å². The number of aryl methyl sites for hydroxylation is 1. The molecule has 0 heterocycles. The zero-order valence-corrected chi connectivity index (χ0v) is 11.5. The molecule has 98 valence electrons. The van der Waals surface area contributed by atoms with Gasteiger partial charge in [0.25, 0.3) is 0 Å². The van der Waals surface area contributed by atoms with Gasteiger partial charge >= 0.3 is 0 Å². The third kappa shape index (κ3) is 3.42. The van der Waals surface area contributed by atoms with Crippen molar-refractivity contribution in [2.75, 3.05) is 7.05 Å². The average Bonchev–Trinajstić information content (AvgIpc) is 2.54. The van der Waals surface area contributed by atoms with Gasteiger partial charge in [0.05, 0.1) is 6.04 Å². The molecule has 1 aromatic rings. The molecule has 0 amide bonds. The Labute approximate surface area is 110 Å². The predicted octanol–water partition coefficient (Wildman–Crippen LogP) is 3.33. The van der Waals surface area contributed by atoms with Crippen molar-refractivity contribution in [3.63, 3.8) is 0 Å². The van der Waals surface area contributed by atoms with E-state index in [4.69, 9.17) is 0 Å². The summed E-state index contributed by atoms with van der Waals surface area (Å²) in [6, 6.07) is 8.68. The van der Waals surface area contributed by atoms with E-state index in [0.717, 1.165) is 25.8 Å². The minimum Gasteiger partial charge on any atom is -0.298 e.